The fourth-order valence-corrected chi connectivity index (χ4v) is 3.63. The first-order chi connectivity index (χ1) is 16.9. The Labute approximate surface area is 220 Å². The molecule has 0 radical (unpaired) electrons. The number of carbonyl (C=O) groups excluding carboxylic acids is 2. The van der Waals surface area contributed by atoms with Gasteiger partial charge >= 0.3 is 24.1 Å². The maximum Gasteiger partial charge on any atom is 0.435 e. The van der Waals surface area contributed by atoms with Crippen molar-refractivity contribution in [2.45, 2.75) is 38.4 Å². The van der Waals surface area contributed by atoms with E-state index in [1.54, 1.807) is 19.9 Å². The van der Waals surface area contributed by atoms with Gasteiger partial charge in [-0.05, 0) is 49.8 Å². The van der Waals surface area contributed by atoms with Crippen molar-refractivity contribution < 1.29 is 45.1 Å². The van der Waals surface area contributed by atoms with Gasteiger partial charge < -0.3 is 15.4 Å². The van der Waals surface area contributed by atoms with Gasteiger partial charge in [0.05, 0.1) is 15.7 Å². The lowest BCUT2D eigenvalue weighted by molar-refractivity contribution is -0.348. The van der Waals surface area contributed by atoms with Gasteiger partial charge in [0.2, 0.25) is 0 Å². The van der Waals surface area contributed by atoms with Crippen molar-refractivity contribution in [1.82, 2.24) is 5.32 Å². The standard InChI is InChI=1S/C22H16Cl3F7N2O3/c1-3-10(2)37-19(36)33-9-12-5-4-11(6-14(12)23)18(35)34-17-15(24)7-13(8-16(17)25)20(26,21(27,28)29)22(30,31)32/h3-8H,9H2,1-2H3,(H,33,36)(H,34,35)/b10-3-. The highest BCUT2D eigenvalue weighted by molar-refractivity contribution is 6.40. The maximum absolute atomic E-state index is 14.3. The minimum Gasteiger partial charge on any atom is -0.416 e. The molecular formula is C22H16Cl3F7N2O3. The Hall–Kier alpha value is -2.70. The van der Waals surface area contributed by atoms with Crippen molar-refractivity contribution in [2.24, 2.45) is 0 Å². The molecule has 15 heteroatoms. The molecule has 0 bridgehead atoms. The van der Waals surface area contributed by atoms with Gasteiger partial charge in [-0.3, -0.25) is 4.79 Å². The maximum atomic E-state index is 14.3. The Balaban J connectivity index is 2.26. The van der Waals surface area contributed by atoms with Crippen molar-refractivity contribution in [3.05, 3.63) is 73.9 Å². The average molecular weight is 596 g/mol. The van der Waals surface area contributed by atoms with Crippen LogP contribution in [-0.4, -0.2) is 24.4 Å². The first-order valence-corrected chi connectivity index (χ1v) is 11.1. The van der Waals surface area contributed by atoms with Gasteiger partial charge in [-0.25, -0.2) is 9.18 Å². The third-order valence-corrected chi connectivity index (χ3v) is 5.81. The zero-order chi connectivity index (χ0) is 28.3. The van der Waals surface area contributed by atoms with Crippen molar-refractivity contribution in [3.8, 4) is 0 Å². The molecule has 0 aliphatic rings. The molecule has 2 rings (SSSR count). The second-order valence-corrected chi connectivity index (χ2v) is 8.59. The molecule has 0 saturated heterocycles. The number of carbonyl (C=O) groups is 2. The molecule has 0 fully saturated rings. The predicted octanol–water partition coefficient (Wildman–Crippen LogP) is 8.34. The Morgan fingerprint density at radius 2 is 1.46 bits per heavy atom. The molecule has 0 unspecified atom stereocenters. The van der Waals surface area contributed by atoms with Gasteiger partial charge in [0.25, 0.3) is 5.91 Å². The molecule has 2 aromatic carbocycles. The summed E-state index contributed by atoms with van der Waals surface area (Å²) >= 11 is 17.6. The zero-order valence-corrected chi connectivity index (χ0v) is 20.9. The molecule has 37 heavy (non-hydrogen) atoms. The second-order valence-electron chi connectivity index (χ2n) is 7.37. The average Bonchev–Trinajstić information content (AvgIpc) is 2.78. The summed E-state index contributed by atoms with van der Waals surface area (Å²) in [6.07, 6.45) is -11.9. The highest BCUT2D eigenvalue weighted by Crippen LogP contribution is 2.54. The molecule has 5 nitrogen and oxygen atoms in total. The van der Waals surface area contributed by atoms with Crippen molar-refractivity contribution in [3.63, 3.8) is 0 Å². The fraction of sp³-hybridized carbons (Fsp3) is 0.273. The van der Waals surface area contributed by atoms with Gasteiger partial charge in [-0.2, -0.15) is 26.3 Å². The molecule has 2 N–H and O–H groups in total. The summed E-state index contributed by atoms with van der Waals surface area (Å²) in [5, 5.41) is 2.83. The smallest absolute Gasteiger partial charge is 0.416 e. The van der Waals surface area contributed by atoms with Crippen LogP contribution in [0.25, 0.3) is 0 Å². The van der Waals surface area contributed by atoms with Gasteiger partial charge in [0.1, 0.15) is 5.76 Å². The molecule has 2 amide bonds. The van der Waals surface area contributed by atoms with Crippen LogP contribution >= 0.6 is 34.8 Å². The van der Waals surface area contributed by atoms with E-state index in [0.29, 0.717) is 11.3 Å². The number of ether oxygens (including phenoxy) is 1. The molecule has 202 valence electrons. The first kappa shape index (κ1) is 30.5. The summed E-state index contributed by atoms with van der Waals surface area (Å²) in [6.45, 7) is 3.16. The molecule has 0 aromatic heterocycles. The number of amides is 2. The molecule has 0 heterocycles. The third kappa shape index (κ3) is 6.79. The summed E-state index contributed by atoms with van der Waals surface area (Å²) in [5.41, 5.74) is -7.96. The number of nitrogens with one attached hydrogen (secondary N) is 2. The number of halogens is 10. The van der Waals surface area contributed by atoms with E-state index in [4.69, 9.17) is 39.5 Å². The van der Waals surface area contributed by atoms with Gasteiger partial charge in [-0.15, -0.1) is 0 Å². The van der Waals surface area contributed by atoms with E-state index in [0.717, 1.165) is 0 Å². The van der Waals surface area contributed by atoms with Crippen LogP contribution in [0.4, 0.5) is 41.2 Å². The number of hydrogen-bond donors (Lipinski definition) is 2. The number of alkyl halides is 7. The quantitative estimate of drug-likeness (QED) is 0.261. The number of benzene rings is 2. The summed E-state index contributed by atoms with van der Waals surface area (Å²) in [7, 11) is 0. The van der Waals surface area contributed by atoms with Gasteiger partial charge in [-0.1, -0.05) is 40.9 Å². The fourth-order valence-electron chi connectivity index (χ4n) is 2.81. The summed E-state index contributed by atoms with van der Waals surface area (Å²) in [4.78, 5) is 24.3. The lowest BCUT2D eigenvalue weighted by Crippen LogP contribution is -2.50. The van der Waals surface area contributed by atoms with Crippen LogP contribution in [0.5, 0.6) is 0 Å². The molecule has 0 aliphatic heterocycles. The Kier molecular flexibility index (Phi) is 9.37. The Morgan fingerprint density at radius 3 is 1.92 bits per heavy atom. The molecule has 2 aromatic rings. The molecular weight excluding hydrogens is 580 g/mol. The topological polar surface area (TPSA) is 67.4 Å². The number of alkyl carbamates (subject to hydrolysis) is 1. The lowest BCUT2D eigenvalue weighted by atomic mass is 9.94. The largest absolute Gasteiger partial charge is 0.435 e. The van der Waals surface area contributed by atoms with E-state index >= 15 is 0 Å². The highest BCUT2D eigenvalue weighted by atomic mass is 35.5. The normalized spacial score (nSPS) is 12.8. The van der Waals surface area contributed by atoms with Crippen LogP contribution < -0.4 is 10.6 Å². The molecule has 0 atom stereocenters. The van der Waals surface area contributed by atoms with Crippen LogP contribution in [0.15, 0.2) is 42.2 Å². The van der Waals surface area contributed by atoms with Crippen LogP contribution in [0.2, 0.25) is 15.1 Å². The summed E-state index contributed by atoms with van der Waals surface area (Å²) in [6, 6.07) is 3.94. The minimum absolute atomic E-state index is 0.0285. The molecule has 0 spiro atoms. The summed E-state index contributed by atoms with van der Waals surface area (Å²) < 4.78 is 97.4. The van der Waals surface area contributed by atoms with E-state index in [1.807, 2.05) is 0 Å². The van der Waals surface area contributed by atoms with E-state index < -0.39 is 51.3 Å². The number of anilines is 1. The minimum atomic E-state index is -6.38. The molecule has 0 aliphatic carbocycles. The lowest BCUT2D eigenvalue weighted by Gasteiger charge is -2.30. The Morgan fingerprint density at radius 1 is 0.919 bits per heavy atom. The Bertz CT molecular complexity index is 1190. The zero-order valence-electron chi connectivity index (χ0n) is 18.7. The van der Waals surface area contributed by atoms with Crippen LogP contribution in [0, 0.1) is 0 Å². The number of rotatable bonds is 6. The third-order valence-electron chi connectivity index (χ3n) is 4.86. The van der Waals surface area contributed by atoms with Crippen molar-refractivity contribution in [1.29, 1.82) is 0 Å². The number of hydrogen-bond acceptors (Lipinski definition) is 3. The highest BCUT2D eigenvalue weighted by Gasteiger charge is 2.73. The second kappa shape index (κ2) is 11.4. The van der Waals surface area contributed by atoms with Crippen LogP contribution in [0.3, 0.4) is 0 Å². The first-order valence-electron chi connectivity index (χ1n) is 9.92. The van der Waals surface area contributed by atoms with E-state index in [9.17, 15) is 40.3 Å². The SMILES string of the molecule is C/C=C(/C)OC(=O)NCc1ccc(C(=O)Nc2c(Cl)cc(C(F)(C(F)(F)F)C(F)(F)F)cc2Cl)cc1Cl. The van der Waals surface area contributed by atoms with Gasteiger partial charge in [0, 0.05) is 22.7 Å². The van der Waals surface area contributed by atoms with Gasteiger partial charge in [0.15, 0.2) is 0 Å². The van der Waals surface area contributed by atoms with Crippen molar-refractivity contribution >= 4 is 52.5 Å². The van der Waals surface area contributed by atoms with Crippen LogP contribution in [-0.2, 0) is 17.0 Å². The van der Waals surface area contributed by atoms with E-state index in [2.05, 4.69) is 10.6 Å². The van der Waals surface area contributed by atoms with Crippen molar-refractivity contribution in [2.75, 3.05) is 5.32 Å². The van der Waals surface area contributed by atoms with E-state index in [1.165, 1.54) is 18.2 Å². The summed E-state index contributed by atoms with van der Waals surface area (Å²) in [5.74, 6) is -0.589. The van der Waals surface area contributed by atoms with Crippen LogP contribution in [0.1, 0.15) is 35.3 Å². The monoisotopic (exact) mass is 594 g/mol. The molecule has 0 saturated carbocycles. The predicted molar refractivity (Wildman–Crippen MR) is 124 cm³/mol. The van der Waals surface area contributed by atoms with E-state index in [-0.39, 0.29) is 29.3 Å². The number of allylic oxidation sites excluding steroid dienone is 2.